The SMILES string of the molecule is CCc1nncn1CCNC(=NC)NCC(c1ccc(C)cc1)N1CCCC1. The average molecular weight is 384 g/mol. The van der Waals surface area contributed by atoms with Gasteiger partial charge >= 0.3 is 0 Å². The van der Waals surface area contributed by atoms with Crippen LogP contribution in [0.1, 0.15) is 42.8 Å². The van der Waals surface area contributed by atoms with Gasteiger partial charge in [0.1, 0.15) is 12.2 Å². The van der Waals surface area contributed by atoms with E-state index in [0.717, 1.165) is 37.8 Å². The molecule has 1 saturated heterocycles. The predicted octanol–water partition coefficient (Wildman–Crippen LogP) is 2.15. The topological polar surface area (TPSA) is 70.4 Å². The van der Waals surface area contributed by atoms with E-state index < -0.39 is 0 Å². The number of aryl methyl sites for hydroxylation is 2. The van der Waals surface area contributed by atoms with Gasteiger partial charge in [-0.1, -0.05) is 36.8 Å². The zero-order valence-corrected chi connectivity index (χ0v) is 17.4. The van der Waals surface area contributed by atoms with Crippen LogP contribution in [0.4, 0.5) is 0 Å². The molecule has 28 heavy (non-hydrogen) atoms. The second-order valence-corrected chi connectivity index (χ2v) is 7.34. The highest BCUT2D eigenvalue weighted by Gasteiger charge is 2.23. The molecule has 3 rings (SSSR count). The minimum Gasteiger partial charge on any atom is -0.355 e. The van der Waals surface area contributed by atoms with Crippen LogP contribution in [0.25, 0.3) is 0 Å². The van der Waals surface area contributed by atoms with Crippen LogP contribution in [0, 0.1) is 6.92 Å². The predicted molar refractivity (Wildman–Crippen MR) is 113 cm³/mol. The summed E-state index contributed by atoms with van der Waals surface area (Å²) < 4.78 is 2.08. The lowest BCUT2D eigenvalue weighted by Crippen LogP contribution is -2.43. The highest BCUT2D eigenvalue weighted by molar-refractivity contribution is 5.79. The maximum atomic E-state index is 4.39. The van der Waals surface area contributed by atoms with Gasteiger partial charge in [-0.3, -0.25) is 9.89 Å². The zero-order valence-electron chi connectivity index (χ0n) is 17.4. The van der Waals surface area contributed by atoms with E-state index in [9.17, 15) is 0 Å². The first-order chi connectivity index (χ1) is 13.7. The van der Waals surface area contributed by atoms with Crippen LogP contribution >= 0.6 is 0 Å². The summed E-state index contributed by atoms with van der Waals surface area (Å²) in [5, 5.41) is 15.1. The molecule has 1 atom stereocenters. The highest BCUT2D eigenvalue weighted by atomic mass is 15.3. The first-order valence-corrected chi connectivity index (χ1v) is 10.3. The van der Waals surface area contributed by atoms with Crippen LogP contribution in [0.15, 0.2) is 35.6 Å². The molecular weight excluding hydrogens is 350 g/mol. The molecule has 0 radical (unpaired) electrons. The van der Waals surface area contributed by atoms with Crippen molar-refractivity contribution in [3.05, 3.63) is 47.5 Å². The Morgan fingerprint density at radius 3 is 2.61 bits per heavy atom. The van der Waals surface area contributed by atoms with E-state index in [1.165, 1.54) is 37.1 Å². The monoisotopic (exact) mass is 383 g/mol. The Morgan fingerprint density at radius 2 is 1.93 bits per heavy atom. The van der Waals surface area contributed by atoms with Crippen LogP contribution < -0.4 is 10.6 Å². The van der Waals surface area contributed by atoms with Crippen molar-refractivity contribution in [2.24, 2.45) is 4.99 Å². The smallest absolute Gasteiger partial charge is 0.191 e. The van der Waals surface area contributed by atoms with E-state index in [0.29, 0.717) is 6.04 Å². The number of likely N-dealkylation sites (tertiary alicyclic amines) is 1. The number of aliphatic imine (C=N–C) groups is 1. The van der Waals surface area contributed by atoms with Gasteiger partial charge in [0.25, 0.3) is 0 Å². The molecule has 1 aromatic heterocycles. The molecular formula is C21H33N7. The Hall–Kier alpha value is -2.41. The molecule has 1 aliphatic rings. The molecule has 0 spiro atoms. The van der Waals surface area contributed by atoms with Crippen molar-refractivity contribution in [2.75, 3.05) is 33.2 Å². The number of hydrogen-bond donors (Lipinski definition) is 2. The Morgan fingerprint density at radius 1 is 1.18 bits per heavy atom. The normalized spacial score (nSPS) is 16.3. The van der Waals surface area contributed by atoms with Crippen LogP contribution in [0.3, 0.4) is 0 Å². The molecule has 7 nitrogen and oxygen atoms in total. The minimum absolute atomic E-state index is 0.367. The van der Waals surface area contributed by atoms with Gasteiger partial charge < -0.3 is 15.2 Å². The zero-order chi connectivity index (χ0) is 19.8. The van der Waals surface area contributed by atoms with E-state index in [1.807, 2.05) is 7.05 Å². The van der Waals surface area contributed by atoms with Crippen LogP contribution in [-0.2, 0) is 13.0 Å². The van der Waals surface area contributed by atoms with Gasteiger partial charge in [-0.15, -0.1) is 10.2 Å². The molecule has 1 unspecified atom stereocenters. The van der Waals surface area contributed by atoms with E-state index in [2.05, 4.69) is 73.4 Å². The summed E-state index contributed by atoms with van der Waals surface area (Å²) >= 11 is 0. The van der Waals surface area contributed by atoms with Crippen molar-refractivity contribution >= 4 is 5.96 Å². The van der Waals surface area contributed by atoms with E-state index >= 15 is 0 Å². The van der Waals surface area contributed by atoms with Crippen LogP contribution in [0.2, 0.25) is 0 Å². The van der Waals surface area contributed by atoms with Crippen molar-refractivity contribution in [2.45, 2.75) is 45.7 Å². The molecule has 1 aromatic carbocycles. The first-order valence-electron chi connectivity index (χ1n) is 10.3. The number of aromatic nitrogens is 3. The van der Waals surface area contributed by atoms with Gasteiger partial charge in [-0.05, 0) is 38.4 Å². The quantitative estimate of drug-likeness (QED) is 0.540. The van der Waals surface area contributed by atoms with Crippen molar-refractivity contribution in [3.63, 3.8) is 0 Å². The third kappa shape index (κ3) is 5.32. The van der Waals surface area contributed by atoms with E-state index in [-0.39, 0.29) is 0 Å². The summed E-state index contributed by atoms with van der Waals surface area (Å²) in [4.78, 5) is 6.97. The summed E-state index contributed by atoms with van der Waals surface area (Å²) in [7, 11) is 1.82. The highest BCUT2D eigenvalue weighted by Crippen LogP contribution is 2.24. The molecule has 0 amide bonds. The van der Waals surface area contributed by atoms with E-state index in [1.54, 1.807) is 6.33 Å². The minimum atomic E-state index is 0.367. The van der Waals surface area contributed by atoms with Gasteiger partial charge in [0.05, 0.1) is 6.04 Å². The molecule has 2 heterocycles. The summed E-state index contributed by atoms with van der Waals surface area (Å²) in [5.41, 5.74) is 2.67. The fraction of sp³-hybridized carbons (Fsp3) is 0.571. The second-order valence-electron chi connectivity index (χ2n) is 7.34. The van der Waals surface area contributed by atoms with Gasteiger partial charge in [-0.25, -0.2) is 0 Å². The number of rotatable bonds is 8. The second kappa shape index (κ2) is 10.2. The van der Waals surface area contributed by atoms with Crippen LogP contribution in [-0.4, -0.2) is 58.9 Å². The maximum absolute atomic E-state index is 4.39. The summed E-state index contributed by atoms with van der Waals surface area (Å²) in [5.74, 6) is 1.85. The molecule has 7 heteroatoms. The lowest BCUT2D eigenvalue weighted by Gasteiger charge is -2.29. The van der Waals surface area contributed by atoms with Crippen LogP contribution in [0.5, 0.6) is 0 Å². The lowest BCUT2D eigenvalue weighted by molar-refractivity contribution is 0.245. The first kappa shape index (κ1) is 20.3. The van der Waals surface area contributed by atoms with Gasteiger partial charge in [0.15, 0.2) is 5.96 Å². The number of nitrogens with one attached hydrogen (secondary N) is 2. The average Bonchev–Trinajstić information content (AvgIpc) is 3.40. The van der Waals surface area contributed by atoms with Crippen molar-refractivity contribution in [1.82, 2.24) is 30.3 Å². The molecule has 0 saturated carbocycles. The fourth-order valence-electron chi connectivity index (χ4n) is 3.75. The largest absolute Gasteiger partial charge is 0.355 e. The standard InChI is InChI=1S/C21H33N7/c1-4-20-26-25-16-28(20)14-11-23-21(22-3)24-15-19(27-12-5-6-13-27)18-9-7-17(2)8-10-18/h7-10,16,19H,4-6,11-15H2,1-3H3,(H2,22,23,24). The van der Waals surface area contributed by atoms with E-state index in [4.69, 9.17) is 0 Å². The molecule has 2 N–H and O–H groups in total. The molecule has 2 aromatic rings. The summed E-state index contributed by atoms with van der Waals surface area (Å²) in [6.45, 7) is 9.01. The van der Waals surface area contributed by atoms with Crippen molar-refractivity contribution < 1.29 is 0 Å². The van der Waals surface area contributed by atoms with Crippen molar-refractivity contribution in [3.8, 4) is 0 Å². The number of guanidine groups is 1. The third-order valence-electron chi connectivity index (χ3n) is 5.39. The molecule has 0 aliphatic carbocycles. The number of nitrogens with zero attached hydrogens (tertiary/aromatic N) is 5. The third-order valence-corrected chi connectivity index (χ3v) is 5.39. The molecule has 0 bridgehead atoms. The molecule has 152 valence electrons. The lowest BCUT2D eigenvalue weighted by atomic mass is 10.0. The molecule has 1 fully saturated rings. The van der Waals surface area contributed by atoms with Crippen molar-refractivity contribution in [1.29, 1.82) is 0 Å². The summed E-state index contributed by atoms with van der Waals surface area (Å²) in [6, 6.07) is 9.29. The number of benzene rings is 1. The molecule has 1 aliphatic heterocycles. The Balaban J connectivity index is 1.55. The number of hydrogen-bond acceptors (Lipinski definition) is 4. The summed E-state index contributed by atoms with van der Waals surface area (Å²) in [6.07, 6.45) is 5.25. The Labute approximate surface area is 168 Å². The fourth-order valence-corrected chi connectivity index (χ4v) is 3.75. The maximum Gasteiger partial charge on any atom is 0.191 e. The Kier molecular flexibility index (Phi) is 7.42. The van der Waals surface area contributed by atoms with Gasteiger partial charge in [0.2, 0.25) is 0 Å². The van der Waals surface area contributed by atoms with Gasteiger partial charge in [-0.2, -0.15) is 0 Å². The van der Waals surface area contributed by atoms with Gasteiger partial charge in [0, 0.05) is 33.1 Å². The Bertz CT molecular complexity index is 744.